The molecule has 0 radical (unpaired) electrons. The first-order chi connectivity index (χ1) is 13.3. The average Bonchev–Trinajstić information content (AvgIpc) is 3.06. The molecule has 0 aliphatic carbocycles. The molecular weight excluding hydrogens is 371 g/mol. The minimum Gasteiger partial charge on any atom is -0.456 e. The molecule has 0 N–H and O–H groups in total. The number of halogens is 3. The van der Waals surface area contributed by atoms with E-state index in [0.29, 0.717) is 17.3 Å². The summed E-state index contributed by atoms with van der Waals surface area (Å²) in [5.41, 5.74) is 0.734. The number of hydrogen-bond donors (Lipinski definition) is 0. The number of carbonyl (C=O) groups is 1. The van der Waals surface area contributed by atoms with E-state index in [1.807, 2.05) is 30.3 Å². The summed E-state index contributed by atoms with van der Waals surface area (Å²) in [4.78, 5) is 16.2. The molecule has 144 valence electrons. The van der Waals surface area contributed by atoms with Gasteiger partial charge >= 0.3 is 12.1 Å². The van der Waals surface area contributed by atoms with Gasteiger partial charge in [0.25, 0.3) is 0 Å². The van der Waals surface area contributed by atoms with Gasteiger partial charge in [-0.05, 0) is 42.8 Å². The Bertz CT molecular complexity index is 992. The van der Waals surface area contributed by atoms with Crippen LogP contribution in [0.1, 0.15) is 22.6 Å². The Kier molecular flexibility index (Phi) is 5.63. The summed E-state index contributed by atoms with van der Waals surface area (Å²) in [6.45, 7) is 1.61. The van der Waals surface area contributed by atoms with Crippen molar-refractivity contribution >= 4 is 12.0 Å². The Hall–Kier alpha value is -3.35. The molecule has 28 heavy (non-hydrogen) atoms. The van der Waals surface area contributed by atoms with Crippen LogP contribution in [0.25, 0.3) is 17.5 Å². The third kappa shape index (κ3) is 4.88. The van der Waals surface area contributed by atoms with Crippen molar-refractivity contribution in [2.75, 3.05) is 0 Å². The van der Waals surface area contributed by atoms with E-state index in [0.717, 1.165) is 23.8 Å². The summed E-state index contributed by atoms with van der Waals surface area (Å²) in [6, 6.07) is 13.9. The molecule has 3 rings (SSSR count). The average molecular weight is 387 g/mol. The molecule has 0 atom stereocenters. The van der Waals surface area contributed by atoms with Crippen molar-refractivity contribution in [3.05, 3.63) is 83.3 Å². The molecule has 4 nitrogen and oxygen atoms in total. The first-order valence-electron chi connectivity index (χ1n) is 8.37. The van der Waals surface area contributed by atoms with Crippen LogP contribution in [0.3, 0.4) is 0 Å². The van der Waals surface area contributed by atoms with Crippen LogP contribution in [-0.2, 0) is 22.3 Å². The maximum absolute atomic E-state index is 12.7. The Balaban J connectivity index is 1.62. The largest absolute Gasteiger partial charge is 0.456 e. The first kappa shape index (κ1) is 19.4. The molecule has 0 saturated heterocycles. The molecule has 0 amide bonds. The van der Waals surface area contributed by atoms with Gasteiger partial charge in [-0.2, -0.15) is 13.2 Å². The summed E-state index contributed by atoms with van der Waals surface area (Å²) >= 11 is 0. The van der Waals surface area contributed by atoms with Gasteiger partial charge in [-0.15, -0.1) is 0 Å². The van der Waals surface area contributed by atoms with Gasteiger partial charge in [-0.3, -0.25) is 0 Å². The number of rotatable bonds is 5. The predicted octanol–water partition coefficient (Wildman–Crippen LogP) is 5.43. The quantitative estimate of drug-likeness (QED) is 0.433. The maximum atomic E-state index is 12.7. The lowest BCUT2D eigenvalue weighted by molar-refractivity contribution is -0.139. The van der Waals surface area contributed by atoms with Crippen molar-refractivity contribution < 1.29 is 27.1 Å². The van der Waals surface area contributed by atoms with E-state index in [-0.39, 0.29) is 12.2 Å². The van der Waals surface area contributed by atoms with E-state index in [4.69, 9.17) is 9.15 Å². The number of ether oxygens (including phenoxy) is 1. The molecule has 0 aliphatic heterocycles. The number of oxazole rings is 1. The lowest BCUT2D eigenvalue weighted by Crippen LogP contribution is -2.04. The van der Waals surface area contributed by atoms with Gasteiger partial charge in [0.1, 0.15) is 18.1 Å². The summed E-state index contributed by atoms with van der Waals surface area (Å²) in [6.07, 6.45) is -2.10. The zero-order valence-corrected chi connectivity index (χ0v) is 14.9. The fraction of sp³-hybridized carbons (Fsp3) is 0.143. The third-order valence-corrected chi connectivity index (χ3v) is 3.89. The minimum atomic E-state index is -4.44. The summed E-state index contributed by atoms with van der Waals surface area (Å²) in [7, 11) is 0. The van der Waals surface area contributed by atoms with E-state index < -0.39 is 17.7 Å². The minimum absolute atomic E-state index is 0.103. The smallest absolute Gasteiger partial charge is 0.416 e. The van der Waals surface area contributed by atoms with Crippen LogP contribution in [-0.4, -0.2) is 11.0 Å². The van der Waals surface area contributed by atoms with Crippen molar-refractivity contribution in [2.45, 2.75) is 19.7 Å². The van der Waals surface area contributed by atoms with E-state index in [1.165, 1.54) is 18.2 Å². The number of aryl methyl sites for hydroxylation is 1. The van der Waals surface area contributed by atoms with Crippen molar-refractivity contribution in [2.24, 2.45) is 0 Å². The van der Waals surface area contributed by atoms with Crippen molar-refractivity contribution in [1.29, 1.82) is 0 Å². The number of carbonyl (C=O) groups excluding carboxylic acids is 1. The molecule has 7 heteroatoms. The third-order valence-electron chi connectivity index (χ3n) is 3.89. The Morgan fingerprint density at radius 1 is 1.14 bits per heavy atom. The monoisotopic (exact) mass is 387 g/mol. The van der Waals surface area contributed by atoms with Crippen molar-refractivity contribution in [3.63, 3.8) is 0 Å². The summed E-state index contributed by atoms with van der Waals surface area (Å²) in [5.74, 6) is 0.248. The number of aromatic nitrogens is 1. The molecule has 2 aromatic carbocycles. The van der Waals surface area contributed by atoms with Crippen molar-refractivity contribution in [3.8, 4) is 11.5 Å². The van der Waals surface area contributed by atoms with Crippen LogP contribution in [0.2, 0.25) is 0 Å². The van der Waals surface area contributed by atoms with Gasteiger partial charge in [0.05, 0.1) is 5.56 Å². The molecule has 0 aliphatic rings. The van der Waals surface area contributed by atoms with Crippen LogP contribution >= 0.6 is 0 Å². The topological polar surface area (TPSA) is 52.3 Å². The molecule has 1 heterocycles. The molecular formula is C21H16F3NO3. The fourth-order valence-electron chi connectivity index (χ4n) is 2.44. The maximum Gasteiger partial charge on any atom is 0.416 e. The van der Waals surface area contributed by atoms with Gasteiger partial charge in [-0.1, -0.05) is 30.3 Å². The van der Waals surface area contributed by atoms with Gasteiger partial charge < -0.3 is 9.15 Å². The SMILES string of the molecule is Cc1oc(-c2ccccc2)nc1COC(=O)/C=C/c1cccc(C(F)(F)F)c1. The van der Waals surface area contributed by atoms with E-state index in [9.17, 15) is 18.0 Å². The standard InChI is InChI=1S/C21H16F3NO3/c1-14-18(25-20(28-14)16-7-3-2-4-8-16)13-27-19(26)11-10-15-6-5-9-17(12-15)21(22,23)24/h2-12H,13H2,1H3/b11-10+. The fourth-order valence-corrected chi connectivity index (χ4v) is 2.44. The Labute approximate surface area is 159 Å². The highest BCUT2D eigenvalue weighted by Gasteiger charge is 2.30. The van der Waals surface area contributed by atoms with Gasteiger partial charge in [0.15, 0.2) is 0 Å². The number of esters is 1. The lowest BCUT2D eigenvalue weighted by atomic mass is 10.1. The molecule has 0 spiro atoms. The van der Waals surface area contributed by atoms with Crippen LogP contribution in [0.15, 0.2) is 65.1 Å². The van der Waals surface area contributed by atoms with Crippen LogP contribution in [0.5, 0.6) is 0 Å². The molecule has 1 aromatic heterocycles. The second-order valence-corrected chi connectivity index (χ2v) is 5.95. The van der Waals surface area contributed by atoms with Crippen LogP contribution < -0.4 is 0 Å². The summed E-state index contributed by atoms with van der Waals surface area (Å²) < 4.78 is 48.8. The second kappa shape index (κ2) is 8.12. The van der Waals surface area contributed by atoms with Crippen molar-refractivity contribution in [1.82, 2.24) is 4.98 Å². The van der Waals surface area contributed by atoms with Crippen LogP contribution in [0.4, 0.5) is 13.2 Å². The molecule has 0 saturated carbocycles. The summed E-state index contributed by atoms with van der Waals surface area (Å²) in [5, 5.41) is 0. The zero-order chi connectivity index (χ0) is 20.1. The van der Waals surface area contributed by atoms with Crippen LogP contribution in [0, 0.1) is 6.92 Å². The zero-order valence-electron chi connectivity index (χ0n) is 14.9. The molecule has 0 fully saturated rings. The van der Waals surface area contributed by atoms with Gasteiger partial charge in [0.2, 0.25) is 5.89 Å². The predicted molar refractivity (Wildman–Crippen MR) is 97.0 cm³/mol. The Morgan fingerprint density at radius 2 is 1.89 bits per heavy atom. The van der Waals surface area contributed by atoms with Gasteiger partial charge in [0, 0.05) is 11.6 Å². The second-order valence-electron chi connectivity index (χ2n) is 5.95. The van der Waals surface area contributed by atoms with E-state index in [2.05, 4.69) is 4.98 Å². The Morgan fingerprint density at radius 3 is 2.61 bits per heavy atom. The number of nitrogens with zero attached hydrogens (tertiary/aromatic N) is 1. The lowest BCUT2D eigenvalue weighted by Gasteiger charge is -2.06. The van der Waals surface area contributed by atoms with E-state index in [1.54, 1.807) is 6.92 Å². The molecule has 3 aromatic rings. The van der Waals surface area contributed by atoms with E-state index >= 15 is 0 Å². The highest BCUT2D eigenvalue weighted by molar-refractivity contribution is 5.87. The molecule has 0 bridgehead atoms. The first-order valence-corrected chi connectivity index (χ1v) is 8.37. The normalized spacial score (nSPS) is 11.7. The molecule has 0 unspecified atom stereocenters. The number of hydrogen-bond acceptors (Lipinski definition) is 4. The number of benzene rings is 2. The number of alkyl halides is 3. The highest BCUT2D eigenvalue weighted by Crippen LogP contribution is 2.29. The van der Waals surface area contributed by atoms with Gasteiger partial charge in [-0.25, -0.2) is 9.78 Å². The highest BCUT2D eigenvalue weighted by atomic mass is 19.4.